The van der Waals surface area contributed by atoms with E-state index in [0.717, 1.165) is 43.9 Å². The Bertz CT molecular complexity index is 446. The summed E-state index contributed by atoms with van der Waals surface area (Å²) in [4.78, 5) is 5.01. The summed E-state index contributed by atoms with van der Waals surface area (Å²) in [6, 6.07) is 10.9. The molecule has 0 amide bonds. The van der Waals surface area contributed by atoms with E-state index in [9.17, 15) is 0 Å². The maximum atomic E-state index is 9.13. The van der Waals surface area contributed by atoms with Gasteiger partial charge in [0, 0.05) is 25.7 Å². The number of likely N-dealkylation sites (tertiary alicyclic amines) is 1. The lowest BCUT2D eigenvalue weighted by Crippen LogP contribution is -2.37. The zero-order valence-electron chi connectivity index (χ0n) is 12.0. The molecule has 3 nitrogen and oxygen atoms in total. The molecular formula is C16H23N3. The van der Waals surface area contributed by atoms with Crippen molar-refractivity contribution in [2.24, 2.45) is 0 Å². The monoisotopic (exact) mass is 257 g/mol. The van der Waals surface area contributed by atoms with Gasteiger partial charge in [0.05, 0.1) is 11.6 Å². The molecule has 0 aliphatic carbocycles. The predicted octanol–water partition coefficient (Wildman–Crippen LogP) is 2.47. The van der Waals surface area contributed by atoms with Gasteiger partial charge in [0.1, 0.15) is 0 Å². The van der Waals surface area contributed by atoms with Crippen molar-refractivity contribution in [3.63, 3.8) is 0 Å². The van der Waals surface area contributed by atoms with Gasteiger partial charge in [-0.15, -0.1) is 0 Å². The Kier molecular flexibility index (Phi) is 4.95. The van der Waals surface area contributed by atoms with Gasteiger partial charge in [-0.25, -0.2) is 0 Å². The van der Waals surface area contributed by atoms with Crippen LogP contribution in [0.1, 0.15) is 31.4 Å². The van der Waals surface area contributed by atoms with E-state index in [1.807, 2.05) is 18.2 Å². The highest BCUT2D eigenvalue weighted by molar-refractivity contribution is 5.37. The van der Waals surface area contributed by atoms with Crippen LogP contribution in [0.25, 0.3) is 0 Å². The smallest absolute Gasteiger partial charge is 0.0995 e. The van der Waals surface area contributed by atoms with Crippen molar-refractivity contribution in [2.75, 3.05) is 26.2 Å². The van der Waals surface area contributed by atoms with E-state index in [1.54, 1.807) is 0 Å². The molecule has 1 aromatic rings. The summed E-state index contributed by atoms with van der Waals surface area (Å²) in [7, 11) is 0. The predicted molar refractivity (Wildman–Crippen MR) is 77.8 cm³/mol. The maximum Gasteiger partial charge on any atom is 0.0995 e. The fourth-order valence-electron chi connectivity index (χ4n) is 3.00. The van der Waals surface area contributed by atoms with Crippen molar-refractivity contribution in [1.82, 2.24) is 9.80 Å². The van der Waals surface area contributed by atoms with E-state index in [1.165, 1.54) is 6.42 Å². The zero-order valence-corrected chi connectivity index (χ0v) is 12.0. The Morgan fingerprint density at radius 2 is 2.05 bits per heavy atom. The molecule has 1 heterocycles. The molecule has 102 valence electrons. The normalized spacial score (nSPS) is 19.8. The van der Waals surface area contributed by atoms with Gasteiger partial charge in [-0.1, -0.05) is 32.0 Å². The van der Waals surface area contributed by atoms with Crippen molar-refractivity contribution in [3.8, 4) is 6.07 Å². The topological polar surface area (TPSA) is 30.3 Å². The first kappa shape index (κ1) is 14.0. The van der Waals surface area contributed by atoms with Gasteiger partial charge in [0.2, 0.25) is 0 Å². The molecule has 1 aromatic carbocycles. The molecule has 3 heteroatoms. The van der Waals surface area contributed by atoms with Crippen LogP contribution in [-0.2, 0) is 6.54 Å². The van der Waals surface area contributed by atoms with Crippen LogP contribution in [0.5, 0.6) is 0 Å². The third-order valence-electron chi connectivity index (χ3n) is 4.11. The van der Waals surface area contributed by atoms with E-state index in [2.05, 4.69) is 35.8 Å². The van der Waals surface area contributed by atoms with E-state index in [-0.39, 0.29) is 0 Å². The van der Waals surface area contributed by atoms with Gasteiger partial charge in [-0.3, -0.25) is 9.80 Å². The molecule has 1 aliphatic rings. The lowest BCUT2D eigenvalue weighted by molar-refractivity contribution is 0.209. The standard InChI is InChI=1S/C16H23N3/c1-3-19(4-2)16-9-10-18(13-16)12-15-8-6-5-7-14(15)11-17/h5-8,16H,3-4,9-10,12-13H2,1-2H3. The van der Waals surface area contributed by atoms with Crippen molar-refractivity contribution < 1.29 is 0 Å². The third-order valence-corrected chi connectivity index (χ3v) is 4.11. The Labute approximate surface area is 116 Å². The first-order chi connectivity index (χ1) is 9.28. The summed E-state index contributed by atoms with van der Waals surface area (Å²) in [5.74, 6) is 0. The minimum Gasteiger partial charge on any atom is -0.300 e. The highest BCUT2D eigenvalue weighted by Gasteiger charge is 2.26. The van der Waals surface area contributed by atoms with Crippen LogP contribution < -0.4 is 0 Å². The van der Waals surface area contributed by atoms with Crippen LogP contribution in [0.15, 0.2) is 24.3 Å². The summed E-state index contributed by atoms with van der Waals surface area (Å²) in [5.41, 5.74) is 1.97. The maximum absolute atomic E-state index is 9.13. The molecule has 0 saturated carbocycles. The number of hydrogen-bond donors (Lipinski definition) is 0. The molecule has 1 saturated heterocycles. The molecular weight excluding hydrogens is 234 g/mol. The van der Waals surface area contributed by atoms with Crippen LogP contribution in [0.2, 0.25) is 0 Å². The van der Waals surface area contributed by atoms with E-state index >= 15 is 0 Å². The lowest BCUT2D eigenvalue weighted by Gasteiger charge is -2.26. The third kappa shape index (κ3) is 3.34. The van der Waals surface area contributed by atoms with E-state index in [4.69, 9.17) is 5.26 Å². The van der Waals surface area contributed by atoms with Gasteiger partial charge in [0.15, 0.2) is 0 Å². The molecule has 1 fully saturated rings. The number of nitrogens with zero attached hydrogens (tertiary/aromatic N) is 3. The number of likely N-dealkylation sites (N-methyl/N-ethyl adjacent to an activating group) is 1. The minimum atomic E-state index is 0.684. The number of nitriles is 1. The quantitative estimate of drug-likeness (QED) is 0.812. The first-order valence-electron chi connectivity index (χ1n) is 7.22. The molecule has 0 N–H and O–H groups in total. The first-order valence-corrected chi connectivity index (χ1v) is 7.22. The van der Waals surface area contributed by atoms with Crippen LogP contribution in [0.3, 0.4) is 0 Å². The summed E-state index contributed by atoms with van der Waals surface area (Å²) < 4.78 is 0. The van der Waals surface area contributed by atoms with Gasteiger partial charge >= 0.3 is 0 Å². The molecule has 1 aliphatic heterocycles. The van der Waals surface area contributed by atoms with Crippen molar-refractivity contribution in [2.45, 2.75) is 32.9 Å². The molecule has 0 spiro atoms. The van der Waals surface area contributed by atoms with Crippen LogP contribution >= 0.6 is 0 Å². The molecule has 2 rings (SSSR count). The Hall–Kier alpha value is -1.37. The second-order valence-corrected chi connectivity index (χ2v) is 5.17. The SMILES string of the molecule is CCN(CC)C1CCN(Cc2ccccc2C#N)C1. The van der Waals surface area contributed by atoms with E-state index < -0.39 is 0 Å². The molecule has 19 heavy (non-hydrogen) atoms. The Morgan fingerprint density at radius 1 is 1.32 bits per heavy atom. The molecule has 0 radical (unpaired) electrons. The van der Waals surface area contributed by atoms with Crippen LogP contribution in [0, 0.1) is 11.3 Å². The lowest BCUT2D eigenvalue weighted by atomic mass is 10.1. The highest BCUT2D eigenvalue weighted by atomic mass is 15.2. The number of hydrogen-bond acceptors (Lipinski definition) is 3. The Balaban J connectivity index is 1.97. The fourth-order valence-corrected chi connectivity index (χ4v) is 3.00. The van der Waals surface area contributed by atoms with Gasteiger partial charge in [0.25, 0.3) is 0 Å². The van der Waals surface area contributed by atoms with Crippen LogP contribution in [0.4, 0.5) is 0 Å². The van der Waals surface area contributed by atoms with Crippen molar-refractivity contribution in [1.29, 1.82) is 5.26 Å². The summed E-state index contributed by atoms with van der Waals surface area (Å²) >= 11 is 0. The molecule has 0 aromatic heterocycles. The van der Waals surface area contributed by atoms with Crippen molar-refractivity contribution in [3.05, 3.63) is 35.4 Å². The summed E-state index contributed by atoms with van der Waals surface area (Å²) in [6.07, 6.45) is 1.25. The number of benzene rings is 1. The molecule has 1 unspecified atom stereocenters. The zero-order chi connectivity index (χ0) is 13.7. The van der Waals surface area contributed by atoms with Crippen molar-refractivity contribution >= 4 is 0 Å². The second kappa shape index (κ2) is 6.70. The van der Waals surface area contributed by atoms with Gasteiger partial charge in [-0.2, -0.15) is 5.26 Å². The van der Waals surface area contributed by atoms with Gasteiger partial charge < -0.3 is 0 Å². The average molecular weight is 257 g/mol. The summed E-state index contributed by atoms with van der Waals surface area (Å²) in [5, 5.41) is 9.13. The Morgan fingerprint density at radius 3 is 2.74 bits per heavy atom. The average Bonchev–Trinajstić information content (AvgIpc) is 2.89. The highest BCUT2D eigenvalue weighted by Crippen LogP contribution is 2.19. The number of rotatable bonds is 5. The summed E-state index contributed by atoms with van der Waals surface area (Å²) in [6.45, 7) is 9.89. The molecule has 0 bridgehead atoms. The van der Waals surface area contributed by atoms with E-state index in [0.29, 0.717) is 6.04 Å². The second-order valence-electron chi connectivity index (χ2n) is 5.17. The van der Waals surface area contributed by atoms with Crippen LogP contribution in [-0.4, -0.2) is 42.0 Å². The molecule has 1 atom stereocenters. The fraction of sp³-hybridized carbons (Fsp3) is 0.562. The van der Waals surface area contributed by atoms with Gasteiger partial charge in [-0.05, 0) is 31.1 Å². The minimum absolute atomic E-state index is 0.684. The largest absolute Gasteiger partial charge is 0.300 e.